The smallest absolute Gasteiger partial charge is 0.382 e. The maximum atomic E-state index is 13.5. The van der Waals surface area contributed by atoms with Crippen LogP contribution in [0.5, 0.6) is 0 Å². The Bertz CT molecular complexity index is 1480. The Kier molecular flexibility index (Phi) is 6.86. The Labute approximate surface area is 212 Å². The summed E-state index contributed by atoms with van der Waals surface area (Å²) in [7, 11) is 1.43. The van der Waals surface area contributed by atoms with Gasteiger partial charge >= 0.3 is 6.18 Å². The number of carbonyl (C=O) groups excluding carboxylic acids is 2. The molecule has 0 saturated heterocycles. The van der Waals surface area contributed by atoms with Gasteiger partial charge in [-0.2, -0.15) is 23.5 Å². The number of nitriles is 1. The molecule has 0 bridgehead atoms. The van der Waals surface area contributed by atoms with Gasteiger partial charge in [0.05, 0.1) is 28.1 Å². The van der Waals surface area contributed by atoms with Crippen LogP contribution in [-0.4, -0.2) is 45.4 Å². The average Bonchev–Trinajstić information content (AvgIpc) is 3.53. The summed E-state index contributed by atoms with van der Waals surface area (Å²) in [5, 5.41) is 21.9. The predicted octanol–water partition coefficient (Wildman–Crippen LogP) is 3.61. The van der Waals surface area contributed by atoms with Gasteiger partial charge in [-0.1, -0.05) is 16.8 Å². The molecule has 1 atom stereocenters. The van der Waals surface area contributed by atoms with Crippen molar-refractivity contribution in [1.82, 2.24) is 20.1 Å². The highest BCUT2D eigenvalue weighted by Crippen LogP contribution is 2.32. The zero-order valence-corrected chi connectivity index (χ0v) is 20.0. The average molecular weight is 532 g/mol. The fourth-order valence-corrected chi connectivity index (χ4v) is 3.84. The zero-order chi connectivity index (χ0) is 26.9. The van der Waals surface area contributed by atoms with Gasteiger partial charge in [0.1, 0.15) is 5.69 Å². The molecule has 1 aliphatic heterocycles. The number of likely N-dealkylation sites (N-methyl/N-ethyl adjacent to an activating group) is 1. The monoisotopic (exact) mass is 531 g/mol. The molecule has 2 aromatic heterocycles. The van der Waals surface area contributed by atoms with Crippen molar-refractivity contribution in [2.45, 2.75) is 25.6 Å². The minimum absolute atomic E-state index is 0.0266. The molecule has 1 unspecified atom stereocenters. The molecule has 2 N–H and O–H groups in total. The maximum Gasteiger partial charge on any atom is 0.435 e. The topological polar surface area (TPSA) is 134 Å². The standard InChI is InChI=1S/C23H17ClF3N7O3/c1-11-6-12(10-28)7-13(15-8-17(37-33-15)22(36)29-2)19(11)31-21(35)16-9-18(23(25,26)27)32-34(16)20-14(24)4-3-5-30-20/h3-7,9,17H,8H2,1-2H3,(H,29,36)(H,31,35). The summed E-state index contributed by atoms with van der Waals surface area (Å²) < 4.78 is 41.1. The van der Waals surface area contributed by atoms with Crippen molar-refractivity contribution in [3.05, 3.63) is 69.6 Å². The van der Waals surface area contributed by atoms with Gasteiger partial charge in [-0.3, -0.25) is 9.59 Å². The fourth-order valence-electron chi connectivity index (χ4n) is 3.64. The SMILES string of the molecule is CNC(=O)C1CC(c2cc(C#N)cc(C)c2NC(=O)c2cc(C(F)(F)F)nn2-c2ncccc2Cl)=NO1. The number of carbonyl (C=O) groups is 2. The van der Waals surface area contributed by atoms with E-state index < -0.39 is 35.5 Å². The molecule has 0 saturated carbocycles. The molecule has 190 valence electrons. The van der Waals surface area contributed by atoms with E-state index in [0.717, 1.165) is 0 Å². The van der Waals surface area contributed by atoms with Gasteiger partial charge < -0.3 is 15.5 Å². The minimum atomic E-state index is -4.85. The summed E-state index contributed by atoms with van der Waals surface area (Å²) >= 11 is 6.11. The van der Waals surface area contributed by atoms with E-state index in [2.05, 4.69) is 25.9 Å². The Hall–Kier alpha value is -4.44. The third-order valence-electron chi connectivity index (χ3n) is 5.39. The molecule has 10 nitrogen and oxygen atoms in total. The van der Waals surface area contributed by atoms with E-state index >= 15 is 0 Å². The van der Waals surface area contributed by atoms with Crippen molar-refractivity contribution >= 4 is 34.8 Å². The number of aryl methyl sites for hydroxylation is 1. The summed E-state index contributed by atoms with van der Waals surface area (Å²) in [6, 6.07) is 8.37. The van der Waals surface area contributed by atoms with Crippen LogP contribution < -0.4 is 10.6 Å². The molecule has 0 radical (unpaired) electrons. The third kappa shape index (κ3) is 5.10. The van der Waals surface area contributed by atoms with Gasteiger partial charge in [0.25, 0.3) is 11.8 Å². The van der Waals surface area contributed by atoms with Crippen LogP contribution in [0.25, 0.3) is 5.82 Å². The second-order valence-corrected chi connectivity index (χ2v) is 8.27. The molecular formula is C23H17ClF3N7O3. The third-order valence-corrected chi connectivity index (χ3v) is 5.69. The lowest BCUT2D eigenvalue weighted by Crippen LogP contribution is -2.32. The summed E-state index contributed by atoms with van der Waals surface area (Å²) in [6.45, 7) is 1.60. The van der Waals surface area contributed by atoms with Crippen molar-refractivity contribution in [2.75, 3.05) is 12.4 Å². The Morgan fingerprint density at radius 3 is 2.70 bits per heavy atom. The number of nitrogens with one attached hydrogen (secondary N) is 2. The first-order chi connectivity index (χ1) is 17.5. The quantitative estimate of drug-likeness (QED) is 0.516. The Morgan fingerprint density at radius 1 is 1.30 bits per heavy atom. The van der Waals surface area contributed by atoms with Gasteiger partial charge in [0, 0.05) is 31.3 Å². The number of hydrogen-bond donors (Lipinski definition) is 2. The molecule has 2 amide bonds. The van der Waals surface area contributed by atoms with Crippen LogP contribution in [0.15, 0.2) is 41.7 Å². The highest BCUT2D eigenvalue weighted by Gasteiger charge is 2.37. The van der Waals surface area contributed by atoms with E-state index in [9.17, 15) is 28.0 Å². The largest absolute Gasteiger partial charge is 0.435 e. The first-order valence-electron chi connectivity index (χ1n) is 10.6. The fraction of sp³-hybridized carbons (Fsp3) is 0.217. The van der Waals surface area contributed by atoms with Crippen LogP contribution in [-0.2, 0) is 15.8 Å². The number of nitrogens with zero attached hydrogens (tertiary/aromatic N) is 5. The molecule has 0 spiro atoms. The van der Waals surface area contributed by atoms with Crippen molar-refractivity contribution in [1.29, 1.82) is 5.26 Å². The van der Waals surface area contributed by atoms with E-state index in [4.69, 9.17) is 16.4 Å². The minimum Gasteiger partial charge on any atom is -0.382 e. The van der Waals surface area contributed by atoms with Gasteiger partial charge in [0.15, 0.2) is 11.5 Å². The van der Waals surface area contributed by atoms with Gasteiger partial charge in [-0.15, -0.1) is 0 Å². The number of aromatic nitrogens is 3. The first-order valence-corrected chi connectivity index (χ1v) is 11.0. The molecule has 3 heterocycles. The Morgan fingerprint density at radius 2 is 2.05 bits per heavy atom. The number of amides is 2. The predicted molar refractivity (Wildman–Crippen MR) is 125 cm³/mol. The highest BCUT2D eigenvalue weighted by molar-refractivity contribution is 6.32. The Balaban J connectivity index is 1.77. The molecular weight excluding hydrogens is 515 g/mol. The number of anilines is 1. The summed E-state index contributed by atoms with van der Waals surface area (Å²) in [5.41, 5.74) is -0.450. The van der Waals surface area contributed by atoms with Crippen LogP contribution in [0.3, 0.4) is 0 Å². The van der Waals surface area contributed by atoms with Gasteiger partial charge in [0.2, 0.25) is 6.10 Å². The molecule has 3 aromatic rings. The highest BCUT2D eigenvalue weighted by atomic mass is 35.5. The number of halogens is 4. The second kappa shape index (κ2) is 9.90. The number of pyridine rings is 1. The van der Waals surface area contributed by atoms with E-state index in [1.54, 1.807) is 6.92 Å². The summed E-state index contributed by atoms with van der Waals surface area (Å²) in [5.74, 6) is -1.56. The molecule has 37 heavy (non-hydrogen) atoms. The van der Waals surface area contributed by atoms with Crippen LogP contribution in [0.2, 0.25) is 5.02 Å². The molecule has 4 rings (SSSR count). The van der Waals surface area contributed by atoms with E-state index in [1.807, 2.05) is 6.07 Å². The lowest BCUT2D eigenvalue weighted by molar-refractivity contribution is -0.141. The number of oxime groups is 1. The summed E-state index contributed by atoms with van der Waals surface area (Å²) in [6.07, 6.45) is -4.43. The van der Waals surface area contributed by atoms with Crippen LogP contribution in [0, 0.1) is 18.3 Å². The van der Waals surface area contributed by atoms with Crippen molar-refractivity contribution in [3.63, 3.8) is 0 Å². The lowest BCUT2D eigenvalue weighted by Gasteiger charge is -2.15. The normalized spacial score (nSPS) is 14.9. The maximum absolute atomic E-state index is 13.5. The number of hydrogen-bond acceptors (Lipinski definition) is 7. The lowest BCUT2D eigenvalue weighted by atomic mass is 9.97. The van der Waals surface area contributed by atoms with E-state index in [-0.39, 0.29) is 39.8 Å². The van der Waals surface area contributed by atoms with Crippen LogP contribution >= 0.6 is 11.6 Å². The van der Waals surface area contributed by atoms with Crippen molar-refractivity contribution in [3.8, 4) is 11.9 Å². The number of alkyl halides is 3. The molecule has 0 fully saturated rings. The van der Waals surface area contributed by atoms with Crippen molar-refractivity contribution in [2.24, 2.45) is 5.16 Å². The summed E-state index contributed by atoms with van der Waals surface area (Å²) in [4.78, 5) is 34.4. The van der Waals surface area contributed by atoms with Crippen LogP contribution in [0.4, 0.5) is 18.9 Å². The number of benzene rings is 1. The van der Waals surface area contributed by atoms with Gasteiger partial charge in [-0.05, 0) is 36.8 Å². The zero-order valence-electron chi connectivity index (χ0n) is 19.2. The second-order valence-electron chi connectivity index (χ2n) is 7.87. The van der Waals surface area contributed by atoms with Gasteiger partial charge in [-0.25, -0.2) is 9.67 Å². The van der Waals surface area contributed by atoms with Crippen molar-refractivity contribution < 1.29 is 27.6 Å². The van der Waals surface area contributed by atoms with Crippen LogP contribution in [0.1, 0.15) is 39.3 Å². The molecule has 1 aliphatic rings. The molecule has 14 heteroatoms. The molecule has 0 aliphatic carbocycles. The van der Waals surface area contributed by atoms with E-state index in [0.29, 0.717) is 16.3 Å². The first kappa shape index (κ1) is 25.6. The number of rotatable bonds is 5. The molecule has 1 aromatic carbocycles. The van der Waals surface area contributed by atoms with E-state index in [1.165, 1.54) is 37.5 Å².